The quantitative estimate of drug-likeness (QED) is 0.805. The fraction of sp³-hybridized carbons (Fsp3) is 0.500. The number of amides is 2. The number of halogens is 3. The molecule has 8 heteroatoms. The van der Waals surface area contributed by atoms with Crippen LogP contribution in [0.15, 0.2) is 24.3 Å². The number of alkyl halides is 3. The molecule has 1 aliphatic heterocycles. The molecule has 1 N–H and O–H groups in total. The predicted molar refractivity (Wildman–Crippen MR) is 81.4 cm³/mol. The van der Waals surface area contributed by atoms with Gasteiger partial charge >= 0.3 is 6.18 Å². The summed E-state index contributed by atoms with van der Waals surface area (Å²) in [5.74, 6) is -1.46. The van der Waals surface area contributed by atoms with Crippen molar-refractivity contribution in [3.05, 3.63) is 29.8 Å². The van der Waals surface area contributed by atoms with Crippen molar-refractivity contribution < 1.29 is 27.5 Å². The van der Waals surface area contributed by atoms with Crippen LogP contribution in [0.3, 0.4) is 0 Å². The fourth-order valence-corrected chi connectivity index (χ4v) is 2.64. The van der Waals surface area contributed by atoms with Crippen molar-refractivity contribution in [2.45, 2.75) is 19.0 Å². The van der Waals surface area contributed by atoms with Gasteiger partial charge in [0.15, 0.2) is 0 Å². The first-order chi connectivity index (χ1) is 11.3. The monoisotopic (exact) mass is 344 g/mol. The van der Waals surface area contributed by atoms with Crippen LogP contribution in [0.2, 0.25) is 0 Å². The van der Waals surface area contributed by atoms with Crippen molar-refractivity contribution in [2.75, 3.05) is 31.7 Å². The molecule has 1 heterocycles. The molecule has 1 fully saturated rings. The first-order valence-corrected chi connectivity index (χ1v) is 7.58. The van der Waals surface area contributed by atoms with Crippen molar-refractivity contribution >= 4 is 17.5 Å². The van der Waals surface area contributed by atoms with E-state index in [1.807, 2.05) is 0 Å². The van der Waals surface area contributed by atoms with Crippen LogP contribution in [-0.2, 0) is 20.5 Å². The number of hydrogen-bond donors (Lipinski definition) is 1. The maximum atomic E-state index is 13.1. The maximum Gasteiger partial charge on any atom is 0.418 e. The molecule has 1 aliphatic rings. The van der Waals surface area contributed by atoms with Gasteiger partial charge < -0.3 is 15.0 Å². The Labute approximate surface area is 137 Å². The van der Waals surface area contributed by atoms with Crippen LogP contribution in [0, 0.1) is 5.92 Å². The fourth-order valence-electron chi connectivity index (χ4n) is 2.64. The largest absolute Gasteiger partial charge is 0.418 e. The Morgan fingerprint density at radius 1 is 1.38 bits per heavy atom. The Balaban J connectivity index is 2.07. The normalized spacial score (nSPS) is 18.1. The summed E-state index contributed by atoms with van der Waals surface area (Å²) in [7, 11) is 1.55. The number of anilines is 1. The van der Waals surface area contributed by atoms with E-state index in [-0.39, 0.29) is 24.6 Å². The highest BCUT2D eigenvalue weighted by molar-refractivity contribution is 6.00. The zero-order valence-electron chi connectivity index (χ0n) is 13.2. The molecule has 24 heavy (non-hydrogen) atoms. The van der Waals surface area contributed by atoms with Gasteiger partial charge in [-0.1, -0.05) is 12.1 Å². The Bertz CT molecular complexity index is 604. The van der Waals surface area contributed by atoms with Gasteiger partial charge in [-0.15, -0.1) is 0 Å². The van der Waals surface area contributed by atoms with E-state index in [9.17, 15) is 22.8 Å². The van der Waals surface area contributed by atoms with E-state index in [2.05, 4.69) is 5.32 Å². The number of nitrogens with one attached hydrogen (secondary N) is 1. The minimum absolute atomic E-state index is 0.0535. The highest BCUT2D eigenvalue weighted by Crippen LogP contribution is 2.38. The Morgan fingerprint density at radius 3 is 2.75 bits per heavy atom. The summed E-state index contributed by atoms with van der Waals surface area (Å²) in [6, 6.07) is 4.89. The second-order valence-electron chi connectivity index (χ2n) is 5.56. The Hall–Kier alpha value is -2.09. The van der Waals surface area contributed by atoms with Crippen LogP contribution >= 0.6 is 0 Å². The molecule has 1 saturated heterocycles. The van der Waals surface area contributed by atoms with Gasteiger partial charge in [0, 0.05) is 33.2 Å². The van der Waals surface area contributed by atoms with Gasteiger partial charge in [0.1, 0.15) is 0 Å². The van der Waals surface area contributed by atoms with E-state index in [0.717, 1.165) is 11.0 Å². The van der Waals surface area contributed by atoms with Gasteiger partial charge in [0.25, 0.3) is 0 Å². The van der Waals surface area contributed by atoms with Gasteiger partial charge in [0.05, 0.1) is 17.2 Å². The SMILES string of the molecule is COCCCNC(=O)C1CC(=O)N(c2ccccc2C(F)(F)F)C1. The zero-order chi connectivity index (χ0) is 17.7. The molecule has 0 saturated carbocycles. The third-order valence-corrected chi connectivity index (χ3v) is 3.82. The van der Waals surface area contributed by atoms with Crippen LogP contribution in [0.25, 0.3) is 0 Å². The predicted octanol–water partition coefficient (Wildman–Crippen LogP) is 2.21. The lowest BCUT2D eigenvalue weighted by atomic mass is 10.1. The smallest absolute Gasteiger partial charge is 0.385 e. The first kappa shape index (κ1) is 18.3. The number of para-hydroxylation sites is 1. The van der Waals surface area contributed by atoms with E-state index < -0.39 is 23.6 Å². The number of carbonyl (C=O) groups excluding carboxylic acids is 2. The van der Waals surface area contributed by atoms with Crippen molar-refractivity contribution in [3.63, 3.8) is 0 Å². The van der Waals surface area contributed by atoms with Crippen LogP contribution in [-0.4, -0.2) is 38.6 Å². The van der Waals surface area contributed by atoms with E-state index in [1.165, 1.54) is 18.2 Å². The van der Waals surface area contributed by atoms with Gasteiger partial charge in [-0.25, -0.2) is 0 Å². The van der Waals surface area contributed by atoms with E-state index in [0.29, 0.717) is 19.6 Å². The number of hydrogen-bond acceptors (Lipinski definition) is 3. The van der Waals surface area contributed by atoms with Crippen molar-refractivity contribution in [2.24, 2.45) is 5.92 Å². The summed E-state index contributed by atoms with van der Waals surface area (Å²) in [5.41, 5.74) is -1.08. The molecular weight excluding hydrogens is 325 g/mol. The maximum absolute atomic E-state index is 13.1. The summed E-state index contributed by atoms with van der Waals surface area (Å²) >= 11 is 0. The third kappa shape index (κ3) is 4.25. The molecule has 0 spiro atoms. The van der Waals surface area contributed by atoms with Crippen molar-refractivity contribution in [1.29, 1.82) is 0 Å². The molecule has 1 unspecified atom stereocenters. The molecule has 2 amide bonds. The number of carbonyl (C=O) groups is 2. The molecule has 0 aromatic heterocycles. The first-order valence-electron chi connectivity index (χ1n) is 7.58. The van der Waals surface area contributed by atoms with E-state index in [1.54, 1.807) is 7.11 Å². The summed E-state index contributed by atoms with van der Waals surface area (Å²) in [6.07, 6.45) is -4.02. The molecule has 0 radical (unpaired) electrons. The van der Waals surface area contributed by atoms with Crippen LogP contribution in [0.5, 0.6) is 0 Å². The number of ether oxygens (including phenoxy) is 1. The van der Waals surface area contributed by atoms with Crippen LogP contribution in [0.4, 0.5) is 18.9 Å². The molecule has 1 aromatic rings. The highest BCUT2D eigenvalue weighted by Gasteiger charge is 2.40. The topological polar surface area (TPSA) is 58.6 Å². The average Bonchev–Trinajstić information content (AvgIpc) is 2.92. The minimum atomic E-state index is -4.56. The molecule has 5 nitrogen and oxygen atoms in total. The lowest BCUT2D eigenvalue weighted by Crippen LogP contribution is -2.34. The lowest BCUT2D eigenvalue weighted by molar-refractivity contribution is -0.137. The van der Waals surface area contributed by atoms with Gasteiger partial charge in [-0.2, -0.15) is 13.2 Å². The van der Waals surface area contributed by atoms with E-state index >= 15 is 0 Å². The Morgan fingerprint density at radius 2 is 2.08 bits per heavy atom. The molecule has 0 bridgehead atoms. The standard InChI is InChI=1S/C16H19F3N2O3/c1-24-8-4-7-20-15(23)11-9-14(22)21(10-11)13-6-3-2-5-12(13)16(17,18)19/h2-3,5-6,11H,4,7-10H2,1H3,(H,20,23). The van der Waals surface area contributed by atoms with Crippen molar-refractivity contribution in [1.82, 2.24) is 5.32 Å². The number of rotatable bonds is 6. The second kappa shape index (κ2) is 7.65. The number of nitrogens with zero attached hydrogens (tertiary/aromatic N) is 1. The molecule has 0 aliphatic carbocycles. The van der Waals surface area contributed by atoms with Gasteiger partial charge in [-0.3, -0.25) is 9.59 Å². The lowest BCUT2D eigenvalue weighted by Gasteiger charge is -2.21. The van der Waals surface area contributed by atoms with Gasteiger partial charge in [0.2, 0.25) is 11.8 Å². The molecule has 1 aromatic carbocycles. The minimum Gasteiger partial charge on any atom is -0.385 e. The molecular formula is C16H19F3N2O3. The summed E-state index contributed by atoms with van der Waals surface area (Å²) in [4.78, 5) is 25.2. The van der Waals surface area contributed by atoms with Crippen molar-refractivity contribution in [3.8, 4) is 0 Å². The summed E-state index contributed by atoms with van der Waals surface area (Å²) in [6.45, 7) is 0.841. The third-order valence-electron chi connectivity index (χ3n) is 3.82. The second-order valence-corrected chi connectivity index (χ2v) is 5.56. The molecule has 2 rings (SSSR count). The van der Waals surface area contributed by atoms with Crippen LogP contribution in [0.1, 0.15) is 18.4 Å². The Kier molecular flexibility index (Phi) is 5.82. The van der Waals surface area contributed by atoms with E-state index in [4.69, 9.17) is 4.74 Å². The number of methoxy groups -OCH3 is 1. The average molecular weight is 344 g/mol. The highest BCUT2D eigenvalue weighted by atomic mass is 19.4. The molecule has 132 valence electrons. The summed E-state index contributed by atoms with van der Waals surface area (Å²) in [5, 5.41) is 2.68. The molecule has 1 atom stereocenters. The van der Waals surface area contributed by atoms with Crippen LogP contribution < -0.4 is 10.2 Å². The van der Waals surface area contributed by atoms with Gasteiger partial charge in [-0.05, 0) is 18.6 Å². The number of benzene rings is 1. The zero-order valence-corrected chi connectivity index (χ0v) is 13.2. The summed E-state index contributed by atoms with van der Waals surface area (Å²) < 4.78 is 44.1.